The van der Waals surface area contributed by atoms with Crippen molar-refractivity contribution in [1.29, 1.82) is 0 Å². The lowest BCUT2D eigenvalue weighted by molar-refractivity contribution is -0.253. The van der Waals surface area contributed by atoms with Crippen molar-refractivity contribution in [3.8, 4) is 5.75 Å². The zero-order chi connectivity index (χ0) is 39.1. The Balaban J connectivity index is 1.76. The van der Waals surface area contributed by atoms with Gasteiger partial charge >= 0.3 is 12.5 Å². The van der Waals surface area contributed by atoms with Crippen LogP contribution >= 0.6 is 0 Å². The normalized spacial score (nSPS) is 14.6. The van der Waals surface area contributed by atoms with E-state index in [9.17, 15) is 26.5 Å². The van der Waals surface area contributed by atoms with Gasteiger partial charge in [0.15, 0.2) is 11.4 Å². The number of nitrogens with two attached hydrogens (primary N) is 1. The predicted molar refractivity (Wildman–Crippen MR) is 196 cm³/mol. The molecule has 0 bridgehead atoms. The van der Waals surface area contributed by atoms with E-state index in [0.717, 1.165) is 24.3 Å². The number of rotatable bonds is 13. The summed E-state index contributed by atoms with van der Waals surface area (Å²) in [7, 11) is 0. The summed E-state index contributed by atoms with van der Waals surface area (Å²) in [4.78, 5) is 0. The van der Waals surface area contributed by atoms with Crippen LogP contribution in [0.4, 0.5) is 26.3 Å². The predicted octanol–water partition coefficient (Wildman–Crippen LogP) is 9.60. The van der Waals surface area contributed by atoms with Crippen molar-refractivity contribution in [2.75, 3.05) is 0 Å². The molecule has 0 aromatic heterocycles. The lowest BCUT2D eigenvalue weighted by atomic mass is 9.78. The van der Waals surface area contributed by atoms with Gasteiger partial charge in [-0.2, -0.15) is 27.8 Å². The third-order valence-corrected chi connectivity index (χ3v) is 10.1. The summed E-state index contributed by atoms with van der Waals surface area (Å²) in [5.41, 5.74) is -1.21. The molecule has 3 N–H and O–H groups in total. The molecule has 2 atom stereocenters. The molecule has 1 unspecified atom stereocenters. The standard InChI is InChI=1S/C40H37F6N5O2S/c1-37(2,3)54(52)51-38(27-19-21-32(41)22-20-27,31-23-33(42)25-34(24-31)53-40(45,46)36(43)44)26-35(48-47)49-50-39(28-13-7-4-8-14-28,29-15-9-5-10-16-29)30-17-11-6-12-18-30/h4-25,36,51H,26,47H2,1-3H3/t38-,54?/m0/s1. The van der Waals surface area contributed by atoms with Gasteiger partial charge in [0.1, 0.15) is 27.7 Å². The van der Waals surface area contributed by atoms with Gasteiger partial charge in [-0.05, 0) is 72.9 Å². The average Bonchev–Trinajstić information content (AvgIpc) is 3.15. The second-order valence-corrected chi connectivity index (χ2v) is 15.2. The lowest BCUT2D eigenvalue weighted by Crippen LogP contribution is -2.53. The summed E-state index contributed by atoms with van der Waals surface area (Å²) in [5, 5.41) is 13.4. The number of azo groups is 1. The largest absolute Gasteiger partial charge is 0.598 e. The molecule has 0 radical (unpaired) electrons. The molecule has 7 nitrogen and oxygen atoms in total. The number of nitrogens with one attached hydrogen (secondary N) is 1. The van der Waals surface area contributed by atoms with Crippen LogP contribution in [-0.2, 0) is 22.4 Å². The summed E-state index contributed by atoms with van der Waals surface area (Å²) in [6, 6.07) is 34.9. The fourth-order valence-electron chi connectivity index (χ4n) is 5.83. The molecule has 0 amide bonds. The molecule has 14 heteroatoms. The summed E-state index contributed by atoms with van der Waals surface area (Å²) in [6.07, 6.45) is -9.73. The summed E-state index contributed by atoms with van der Waals surface area (Å²) in [6.45, 7) is 4.92. The monoisotopic (exact) mass is 765 g/mol. The Morgan fingerprint density at radius 2 is 1.22 bits per heavy atom. The smallest absolute Gasteiger partial charge is 0.461 e. The highest BCUT2D eigenvalue weighted by atomic mass is 32.2. The number of hydrogen-bond acceptors (Lipinski definition) is 6. The zero-order valence-electron chi connectivity index (χ0n) is 29.4. The van der Waals surface area contributed by atoms with E-state index in [1.807, 2.05) is 91.0 Å². The maximum absolute atomic E-state index is 15.4. The van der Waals surface area contributed by atoms with Gasteiger partial charge in [-0.15, -0.1) is 9.84 Å². The molecule has 5 aromatic rings. The van der Waals surface area contributed by atoms with Crippen molar-refractivity contribution >= 4 is 17.2 Å². The van der Waals surface area contributed by atoms with E-state index in [2.05, 4.69) is 19.7 Å². The minimum atomic E-state index is -4.99. The molecular weight excluding hydrogens is 729 g/mol. The van der Waals surface area contributed by atoms with Crippen molar-refractivity contribution in [3.05, 3.63) is 173 Å². The van der Waals surface area contributed by atoms with Crippen molar-refractivity contribution in [3.63, 3.8) is 0 Å². The molecule has 0 fully saturated rings. The second kappa shape index (κ2) is 16.5. The Hall–Kier alpha value is -5.18. The number of hydrogen-bond donors (Lipinski definition) is 2. The summed E-state index contributed by atoms with van der Waals surface area (Å²) >= 11 is -2.02. The first-order chi connectivity index (χ1) is 25.6. The molecule has 0 spiro atoms. The first-order valence-corrected chi connectivity index (χ1v) is 17.7. The first-order valence-electron chi connectivity index (χ1n) is 16.6. The molecule has 0 heterocycles. The highest BCUT2D eigenvalue weighted by Crippen LogP contribution is 2.43. The van der Waals surface area contributed by atoms with Gasteiger partial charge in [-0.25, -0.2) is 8.78 Å². The average molecular weight is 766 g/mol. The highest BCUT2D eigenvalue weighted by molar-refractivity contribution is 7.90. The van der Waals surface area contributed by atoms with E-state index in [1.165, 1.54) is 12.1 Å². The maximum atomic E-state index is 15.4. The van der Waals surface area contributed by atoms with Gasteiger partial charge in [0.2, 0.25) is 0 Å². The second-order valence-electron chi connectivity index (χ2n) is 13.3. The summed E-state index contributed by atoms with van der Waals surface area (Å²) in [5.74, 6) is 2.99. The molecular formula is C40H37F6N5O2S. The van der Waals surface area contributed by atoms with Crippen LogP contribution in [0.2, 0.25) is 0 Å². The van der Waals surface area contributed by atoms with E-state index >= 15 is 4.39 Å². The van der Waals surface area contributed by atoms with Crippen molar-refractivity contribution in [2.45, 2.75) is 55.6 Å². The number of nitrogens with zero attached hydrogens (tertiary/aromatic N) is 3. The third kappa shape index (κ3) is 8.78. The number of ether oxygens (including phenoxy) is 1. The molecule has 282 valence electrons. The molecule has 0 saturated heterocycles. The Kier molecular flexibility index (Phi) is 12.2. The van der Waals surface area contributed by atoms with E-state index in [4.69, 9.17) is 11.0 Å². The van der Waals surface area contributed by atoms with Crippen LogP contribution in [0.1, 0.15) is 55.0 Å². The van der Waals surface area contributed by atoms with Crippen LogP contribution in [0.5, 0.6) is 5.75 Å². The van der Waals surface area contributed by atoms with E-state index in [0.29, 0.717) is 22.8 Å². The number of halogens is 6. The maximum Gasteiger partial charge on any atom is 0.461 e. The van der Waals surface area contributed by atoms with Crippen molar-refractivity contribution in [2.24, 2.45) is 21.2 Å². The zero-order valence-corrected chi connectivity index (χ0v) is 30.2. The quantitative estimate of drug-likeness (QED) is 0.0182. The highest BCUT2D eigenvalue weighted by Gasteiger charge is 2.47. The number of amidine groups is 1. The molecule has 5 aromatic carbocycles. The fourth-order valence-corrected chi connectivity index (χ4v) is 6.76. The SMILES string of the molecule is CC(C)(C)[S+]([O-])N[C@@](CC(N=NC(c1ccccc1)(c1ccccc1)c1ccccc1)=NN)(c1ccc(F)cc1)c1cc(F)cc(OC(F)(F)C(F)F)c1. The van der Waals surface area contributed by atoms with E-state index in [1.54, 1.807) is 20.8 Å². The number of hydrazone groups is 1. The molecule has 54 heavy (non-hydrogen) atoms. The lowest BCUT2D eigenvalue weighted by Gasteiger charge is -2.38. The molecule has 0 aliphatic carbocycles. The van der Waals surface area contributed by atoms with Gasteiger partial charge in [0, 0.05) is 23.8 Å². The summed E-state index contributed by atoms with van der Waals surface area (Å²) < 4.78 is 105. The molecule has 0 aliphatic rings. The van der Waals surface area contributed by atoms with Crippen LogP contribution in [0, 0.1) is 11.6 Å². The topological polar surface area (TPSA) is 107 Å². The van der Waals surface area contributed by atoms with Crippen LogP contribution in [0.25, 0.3) is 0 Å². The third-order valence-electron chi connectivity index (χ3n) is 8.49. The molecule has 0 saturated carbocycles. The minimum absolute atomic E-state index is 0.135. The Morgan fingerprint density at radius 1 is 0.722 bits per heavy atom. The van der Waals surface area contributed by atoms with Gasteiger partial charge in [-0.3, -0.25) is 0 Å². The van der Waals surface area contributed by atoms with Crippen molar-refractivity contribution < 1.29 is 35.6 Å². The van der Waals surface area contributed by atoms with Crippen LogP contribution in [0.3, 0.4) is 0 Å². The molecule has 5 rings (SSSR count). The Labute approximate surface area is 312 Å². The Bertz CT molecular complexity index is 1950. The minimum Gasteiger partial charge on any atom is -0.598 e. The fraction of sp³-hybridized carbons (Fsp3) is 0.225. The Morgan fingerprint density at radius 3 is 1.67 bits per heavy atom. The van der Waals surface area contributed by atoms with Crippen LogP contribution in [-0.4, -0.2) is 27.7 Å². The first kappa shape index (κ1) is 40.0. The van der Waals surface area contributed by atoms with Gasteiger partial charge in [0.25, 0.3) is 0 Å². The van der Waals surface area contributed by atoms with Crippen LogP contribution < -0.4 is 15.3 Å². The van der Waals surface area contributed by atoms with Crippen LogP contribution in [0.15, 0.2) is 149 Å². The number of alkyl halides is 4. The van der Waals surface area contributed by atoms with E-state index < -0.39 is 63.5 Å². The van der Waals surface area contributed by atoms with Gasteiger partial charge in [-0.1, -0.05) is 103 Å². The van der Waals surface area contributed by atoms with Gasteiger partial charge < -0.3 is 15.1 Å². The van der Waals surface area contributed by atoms with Crippen molar-refractivity contribution in [1.82, 2.24) is 4.72 Å². The van der Waals surface area contributed by atoms with E-state index in [-0.39, 0.29) is 17.0 Å². The number of benzene rings is 5. The van der Waals surface area contributed by atoms with Gasteiger partial charge in [0.05, 0.1) is 0 Å². The molecule has 0 aliphatic heterocycles.